The van der Waals surface area contributed by atoms with Crippen LogP contribution in [0.4, 0.5) is 9.59 Å². The molecule has 0 aromatic heterocycles. The molecule has 2 bridgehead atoms. The van der Waals surface area contributed by atoms with Gasteiger partial charge in [0.25, 0.3) is 0 Å². The first-order chi connectivity index (χ1) is 13.7. The molecule has 4 amide bonds. The molecule has 3 fully saturated rings. The predicted molar refractivity (Wildman–Crippen MR) is 108 cm³/mol. The van der Waals surface area contributed by atoms with E-state index in [1.807, 2.05) is 35.2 Å². The van der Waals surface area contributed by atoms with Gasteiger partial charge in [-0.2, -0.15) is 0 Å². The van der Waals surface area contributed by atoms with Crippen LogP contribution in [0, 0.1) is 5.92 Å². The zero-order valence-electron chi connectivity index (χ0n) is 17.1. The Labute approximate surface area is 171 Å². The molecule has 4 N–H and O–H groups in total. The molecule has 3 aliphatic rings. The van der Waals surface area contributed by atoms with E-state index < -0.39 is 12.1 Å². The minimum atomic E-state index is -0.709. The number of benzene rings is 1. The summed E-state index contributed by atoms with van der Waals surface area (Å²) in [5.41, 5.74) is 5.50. The van der Waals surface area contributed by atoms with Crippen LogP contribution in [0.15, 0.2) is 30.3 Å². The number of hydrogen-bond acceptors (Lipinski definition) is 4. The molecule has 8 heteroatoms. The van der Waals surface area contributed by atoms with E-state index in [0.29, 0.717) is 31.7 Å². The Balaban J connectivity index is 1.51. The summed E-state index contributed by atoms with van der Waals surface area (Å²) in [6.07, 6.45) is 2.57. The van der Waals surface area contributed by atoms with Gasteiger partial charge in [0.1, 0.15) is 6.61 Å². The molecule has 0 spiro atoms. The molecular formula is C21H30N4O4. The zero-order valence-corrected chi connectivity index (χ0v) is 17.1. The van der Waals surface area contributed by atoms with E-state index in [4.69, 9.17) is 10.5 Å². The van der Waals surface area contributed by atoms with E-state index in [0.717, 1.165) is 12.0 Å². The number of hydrogen-bond donors (Lipinski definition) is 3. The number of carbonyl (C=O) groups excluding carboxylic acids is 3. The summed E-state index contributed by atoms with van der Waals surface area (Å²) in [5.74, 6) is 0.325. The first-order valence-electron chi connectivity index (χ1n) is 10.1. The van der Waals surface area contributed by atoms with Crippen molar-refractivity contribution in [1.29, 1.82) is 0 Å². The van der Waals surface area contributed by atoms with Crippen molar-refractivity contribution in [2.24, 2.45) is 11.7 Å². The van der Waals surface area contributed by atoms with E-state index >= 15 is 0 Å². The molecule has 0 atom stereocenters. The number of amides is 4. The third kappa shape index (κ3) is 4.81. The van der Waals surface area contributed by atoms with Crippen molar-refractivity contribution in [3.63, 3.8) is 0 Å². The van der Waals surface area contributed by atoms with Crippen molar-refractivity contribution < 1.29 is 19.1 Å². The summed E-state index contributed by atoms with van der Waals surface area (Å²) in [4.78, 5) is 37.6. The summed E-state index contributed by atoms with van der Waals surface area (Å²) >= 11 is 0. The van der Waals surface area contributed by atoms with Crippen LogP contribution in [0.2, 0.25) is 0 Å². The summed E-state index contributed by atoms with van der Waals surface area (Å²) in [6, 6.07) is 8.81. The van der Waals surface area contributed by atoms with E-state index in [2.05, 4.69) is 24.5 Å². The van der Waals surface area contributed by atoms with Crippen LogP contribution < -0.4 is 16.4 Å². The smallest absolute Gasteiger partial charge is 0.407 e. The first-order valence-corrected chi connectivity index (χ1v) is 10.1. The summed E-state index contributed by atoms with van der Waals surface area (Å²) in [7, 11) is 0. The maximum Gasteiger partial charge on any atom is 0.407 e. The van der Waals surface area contributed by atoms with E-state index in [9.17, 15) is 14.4 Å². The van der Waals surface area contributed by atoms with Crippen molar-refractivity contribution in [2.45, 2.75) is 57.2 Å². The minimum absolute atomic E-state index is 0.102. The van der Waals surface area contributed by atoms with Gasteiger partial charge in [0, 0.05) is 12.1 Å². The van der Waals surface area contributed by atoms with Crippen LogP contribution in [0.3, 0.4) is 0 Å². The lowest BCUT2D eigenvalue weighted by molar-refractivity contribution is -0.187. The van der Waals surface area contributed by atoms with Crippen LogP contribution in [0.5, 0.6) is 0 Å². The lowest BCUT2D eigenvalue weighted by Gasteiger charge is -2.73. The third-order valence-electron chi connectivity index (χ3n) is 5.80. The fourth-order valence-corrected chi connectivity index (χ4v) is 4.40. The molecule has 3 saturated carbocycles. The number of nitrogens with two attached hydrogens (primary N) is 1. The summed E-state index contributed by atoms with van der Waals surface area (Å²) in [6.45, 7) is 4.97. The van der Waals surface area contributed by atoms with Gasteiger partial charge < -0.3 is 26.0 Å². The standard InChI is InChI=1S/C21H30N4O4/c1-15(2)8-9-25(17(26)10-23-18(22)27)21-12-20(13-21,14-21)24-19(28)29-11-16-6-4-3-5-7-16/h3-7,15H,8-14H2,1-2H3,(H,24,28)(H3,22,23,27). The van der Waals surface area contributed by atoms with Crippen LogP contribution in [0.25, 0.3) is 0 Å². The van der Waals surface area contributed by atoms with Gasteiger partial charge in [-0.3, -0.25) is 4.79 Å². The molecule has 8 nitrogen and oxygen atoms in total. The normalized spacial score (nSPS) is 24.1. The SMILES string of the molecule is CC(C)CCN(C(=O)CNC(N)=O)C12CC(NC(=O)OCc3ccccc3)(C1)C2. The second kappa shape index (κ2) is 8.31. The van der Waals surface area contributed by atoms with Crippen LogP contribution >= 0.6 is 0 Å². The molecule has 0 aliphatic heterocycles. The maximum atomic E-state index is 12.7. The second-order valence-corrected chi connectivity index (χ2v) is 8.67. The van der Waals surface area contributed by atoms with Crippen molar-refractivity contribution >= 4 is 18.0 Å². The van der Waals surface area contributed by atoms with E-state index in [1.54, 1.807) is 0 Å². The fraction of sp³-hybridized carbons (Fsp3) is 0.571. The van der Waals surface area contributed by atoms with E-state index in [1.165, 1.54) is 0 Å². The molecule has 1 aromatic carbocycles. The molecule has 0 radical (unpaired) electrons. The lowest BCUT2D eigenvalue weighted by atomic mass is 9.43. The second-order valence-electron chi connectivity index (χ2n) is 8.67. The minimum Gasteiger partial charge on any atom is -0.445 e. The first kappa shape index (κ1) is 21.0. The van der Waals surface area contributed by atoms with Gasteiger partial charge in [0.2, 0.25) is 5.91 Å². The quantitative estimate of drug-likeness (QED) is 0.587. The average molecular weight is 402 g/mol. The molecular weight excluding hydrogens is 372 g/mol. The summed E-state index contributed by atoms with van der Waals surface area (Å²) < 4.78 is 5.32. The van der Waals surface area contributed by atoms with Gasteiger partial charge in [-0.05, 0) is 37.2 Å². The molecule has 29 heavy (non-hydrogen) atoms. The fourth-order valence-electron chi connectivity index (χ4n) is 4.40. The number of nitrogens with one attached hydrogen (secondary N) is 2. The Morgan fingerprint density at radius 1 is 1.17 bits per heavy atom. The molecule has 4 rings (SSSR count). The van der Waals surface area contributed by atoms with Gasteiger partial charge in [0.15, 0.2) is 0 Å². The molecule has 3 aliphatic carbocycles. The number of urea groups is 1. The number of carbonyl (C=O) groups is 3. The molecule has 0 saturated heterocycles. The Hall–Kier alpha value is -2.77. The van der Waals surface area contributed by atoms with Gasteiger partial charge in [-0.25, -0.2) is 9.59 Å². The number of nitrogens with zero attached hydrogens (tertiary/aromatic N) is 1. The van der Waals surface area contributed by atoms with Crippen molar-refractivity contribution in [3.8, 4) is 0 Å². The van der Waals surface area contributed by atoms with Gasteiger partial charge >= 0.3 is 12.1 Å². The average Bonchev–Trinajstić information content (AvgIpc) is 2.62. The highest BCUT2D eigenvalue weighted by Gasteiger charge is 2.71. The summed E-state index contributed by atoms with van der Waals surface area (Å²) in [5, 5.41) is 5.36. The zero-order chi connectivity index (χ0) is 21.1. The number of alkyl carbamates (subject to hydrolysis) is 1. The molecule has 0 heterocycles. The molecule has 1 aromatic rings. The third-order valence-corrected chi connectivity index (χ3v) is 5.80. The maximum absolute atomic E-state index is 12.7. The number of ether oxygens (including phenoxy) is 1. The Morgan fingerprint density at radius 3 is 2.41 bits per heavy atom. The van der Waals surface area contributed by atoms with Crippen LogP contribution in [-0.2, 0) is 16.1 Å². The Kier molecular flexibility index (Phi) is 6.00. The predicted octanol–water partition coefficient (Wildman–Crippen LogP) is 2.13. The largest absolute Gasteiger partial charge is 0.445 e. The molecule has 158 valence electrons. The Morgan fingerprint density at radius 2 is 1.83 bits per heavy atom. The highest BCUT2D eigenvalue weighted by Crippen LogP contribution is 2.63. The van der Waals surface area contributed by atoms with Gasteiger partial charge in [-0.1, -0.05) is 44.2 Å². The van der Waals surface area contributed by atoms with Crippen molar-refractivity contribution in [3.05, 3.63) is 35.9 Å². The molecule has 0 unspecified atom stereocenters. The van der Waals surface area contributed by atoms with Crippen LogP contribution in [-0.4, -0.2) is 47.1 Å². The topological polar surface area (TPSA) is 114 Å². The van der Waals surface area contributed by atoms with Crippen molar-refractivity contribution in [1.82, 2.24) is 15.5 Å². The van der Waals surface area contributed by atoms with Crippen LogP contribution in [0.1, 0.15) is 45.1 Å². The monoisotopic (exact) mass is 402 g/mol. The highest BCUT2D eigenvalue weighted by molar-refractivity contribution is 5.84. The van der Waals surface area contributed by atoms with Gasteiger partial charge in [0.05, 0.1) is 12.1 Å². The lowest BCUT2D eigenvalue weighted by Crippen LogP contribution is -2.84. The van der Waals surface area contributed by atoms with E-state index in [-0.39, 0.29) is 30.1 Å². The Bertz CT molecular complexity index is 745. The van der Waals surface area contributed by atoms with Crippen molar-refractivity contribution in [2.75, 3.05) is 13.1 Å². The number of primary amides is 1. The number of rotatable bonds is 9. The van der Waals surface area contributed by atoms with Gasteiger partial charge in [-0.15, -0.1) is 0 Å². The highest BCUT2D eigenvalue weighted by atomic mass is 16.5.